The van der Waals surface area contributed by atoms with Gasteiger partial charge in [-0.1, -0.05) is 24.2 Å². The molecule has 118 valence electrons. The molecule has 1 saturated heterocycles. The molecular formula is C12H19N3O4S2. The van der Waals surface area contributed by atoms with Crippen molar-refractivity contribution in [2.75, 3.05) is 18.9 Å². The van der Waals surface area contributed by atoms with Crippen molar-refractivity contribution in [2.24, 2.45) is 0 Å². The van der Waals surface area contributed by atoms with Gasteiger partial charge in [0, 0.05) is 25.7 Å². The van der Waals surface area contributed by atoms with Crippen molar-refractivity contribution < 1.29 is 13.3 Å². The Hall–Kier alpha value is -1.19. The minimum atomic E-state index is -3.67. The third-order valence-electron chi connectivity index (χ3n) is 3.67. The lowest BCUT2D eigenvalue weighted by molar-refractivity contribution is -0.383. The molecule has 0 amide bonds. The molecule has 2 heterocycles. The molecule has 1 fully saturated rings. The highest BCUT2D eigenvalue weighted by Gasteiger charge is 2.33. The third-order valence-corrected chi connectivity index (χ3v) is 7.27. The summed E-state index contributed by atoms with van der Waals surface area (Å²) in [5, 5.41) is 13.9. The fraction of sp³-hybridized carbons (Fsp3) is 0.667. The van der Waals surface area contributed by atoms with Crippen molar-refractivity contribution in [1.82, 2.24) is 4.31 Å². The van der Waals surface area contributed by atoms with E-state index in [0.29, 0.717) is 6.54 Å². The molecule has 7 nitrogen and oxygen atoms in total. The van der Waals surface area contributed by atoms with Gasteiger partial charge in [-0.25, -0.2) is 8.42 Å². The first-order valence-corrected chi connectivity index (χ1v) is 9.11. The van der Waals surface area contributed by atoms with E-state index in [-0.39, 0.29) is 20.9 Å². The number of sulfonamides is 1. The summed E-state index contributed by atoms with van der Waals surface area (Å²) >= 11 is 0.915. The van der Waals surface area contributed by atoms with Crippen LogP contribution in [0.15, 0.2) is 10.3 Å². The van der Waals surface area contributed by atoms with Crippen molar-refractivity contribution in [2.45, 2.75) is 42.9 Å². The molecule has 1 aromatic rings. The smallest absolute Gasteiger partial charge is 0.304 e. The number of rotatable bonds is 4. The summed E-state index contributed by atoms with van der Waals surface area (Å²) in [5.74, 6) is 0. The van der Waals surface area contributed by atoms with E-state index in [0.717, 1.165) is 43.1 Å². The van der Waals surface area contributed by atoms with E-state index in [1.165, 1.54) is 4.31 Å². The Balaban J connectivity index is 2.41. The van der Waals surface area contributed by atoms with Crippen molar-refractivity contribution in [3.63, 3.8) is 0 Å². The lowest BCUT2D eigenvalue weighted by atomic mass is 10.1. The second-order valence-electron chi connectivity index (χ2n) is 5.10. The fourth-order valence-electron chi connectivity index (χ4n) is 2.52. The first-order chi connectivity index (χ1) is 9.87. The van der Waals surface area contributed by atoms with Gasteiger partial charge in [0.15, 0.2) is 5.00 Å². The molecule has 0 bridgehead atoms. The molecule has 0 radical (unpaired) electrons. The fourth-order valence-corrected chi connectivity index (χ4v) is 5.63. The van der Waals surface area contributed by atoms with Crippen LogP contribution in [0.5, 0.6) is 0 Å². The molecule has 0 spiro atoms. The molecule has 0 saturated carbocycles. The van der Waals surface area contributed by atoms with Gasteiger partial charge in [0.25, 0.3) is 10.0 Å². The van der Waals surface area contributed by atoms with Crippen LogP contribution in [0.2, 0.25) is 0 Å². The highest BCUT2D eigenvalue weighted by Crippen LogP contribution is 2.38. The van der Waals surface area contributed by atoms with Crippen LogP contribution in [-0.4, -0.2) is 37.3 Å². The molecule has 9 heteroatoms. The normalized spacial score (nSPS) is 21.0. The van der Waals surface area contributed by atoms with Crippen LogP contribution in [0.4, 0.5) is 10.7 Å². The highest BCUT2D eigenvalue weighted by molar-refractivity contribution is 7.91. The van der Waals surface area contributed by atoms with E-state index >= 15 is 0 Å². The zero-order chi connectivity index (χ0) is 15.6. The topological polar surface area (TPSA) is 92.6 Å². The van der Waals surface area contributed by atoms with E-state index in [1.807, 2.05) is 6.92 Å². The van der Waals surface area contributed by atoms with E-state index < -0.39 is 14.9 Å². The summed E-state index contributed by atoms with van der Waals surface area (Å²) in [6.07, 6.45) is 3.68. The van der Waals surface area contributed by atoms with Gasteiger partial charge >= 0.3 is 5.69 Å². The van der Waals surface area contributed by atoms with Crippen molar-refractivity contribution >= 4 is 32.0 Å². The SMILES string of the molecule is CNc1sc(S(=O)(=O)N2CCCCCC2C)cc1[N+](=O)[O-]. The summed E-state index contributed by atoms with van der Waals surface area (Å²) < 4.78 is 27.0. The van der Waals surface area contributed by atoms with Crippen molar-refractivity contribution in [3.8, 4) is 0 Å². The molecule has 2 rings (SSSR count). The van der Waals surface area contributed by atoms with Crippen LogP contribution in [0, 0.1) is 10.1 Å². The van der Waals surface area contributed by atoms with Gasteiger partial charge in [-0.15, -0.1) is 0 Å². The van der Waals surface area contributed by atoms with Gasteiger partial charge in [-0.2, -0.15) is 4.31 Å². The van der Waals surface area contributed by atoms with E-state index in [2.05, 4.69) is 5.32 Å². The monoisotopic (exact) mass is 333 g/mol. The maximum absolute atomic E-state index is 12.7. The minimum absolute atomic E-state index is 0.0345. The Morgan fingerprint density at radius 1 is 1.43 bits per heavy atom. The zero-order valence-corrected chi connectivity index (χ0v) is 13.7. The van der Waals surface area contributed by atoms with Crippen LogP contribution in [0.3, 0.4) is 0 Å². The van der Waals surface area contributed by atoms with E-state index in [1.54, 1.807) is 7.05 Å². The lowest BCUT2D eigenvalue weighted by Crippen LogP contribution is -2.37. The number of nitro groups is 1. The molecule has 0 aromatic carbocycles. The molecule has 21 heavy (non-hydrogen) atoms. The standard InChI is InChI=1S/C12H19N3O4S2/c1-9-6-4-3-5-7-14(9)21(18,19)11-8-10(15(16)17)12(13-2)20-11/h8-9,13H,3-7H2,1-2H3. The van der Waals surface area contributed by atoms with Gasteiger partial charge in [-0.05, 0) is 19.8 Å². The largest absolute Gasteiger partial charge is 0.374 e. The van der Waals surface area contributed by atoms with Crippen LogP contribution >= 0.6 is 11.3 Å². The first-order valence-electron chi connectivity index (χ1n) is 6.85. The van der Waals surface area contributed by atoms with E-state index in [9.17, 15) is 18.5 Å². The predicted octanol–water partition coefficient (Wildman–Crippen LogP) is 2.65. The highest BCUT2D eigenvalue weighted by atomic mass is 32.2. The number of nitrogens with one attached hydrogen (secondary N) is 1. The Morgan fingerprint density at radius 3 is 2.71 bits per heavy atom. The van der Waals surface area contributed by atoms with Crippen molar-refractivity contribution in [1.29, 1.82) is 0 Å². The lowest BCUT2D eigenvalue weighted by Gasteiger charge is -2.25. The van der Waals surface area contributed by atoms with E-state index in [4.69, 9.17) is 0 Å². The molecule has 0 aliphatic carbocycles. The quantitative estimate of drug-likeness (QED) is 0.675. The summed E-state index contributed by atoms with van der Waals surface area (Å²) in [6, 6.07) is 1.08. The molecule has 1 aliphatic rings. The van der Waals surface area contributed by atoms with Crippen LogP contribution in [-0.2, 0) is 10.0 Å². The zero-order valence-electron chi connectivity index (χ0n) is 12.0. The molecule has 1 atom stereocenters. The average Bonchev–Trinajstić information content (AvgIpc) is 2.76. The number of anilines is 1. The molecular weight excluding hydrogens is 314 g/mol. The number of thiophene rings is 1. The Morgan fingerprint density at radius 2 is 2.14 bits per heavy atom. The number of nitrogens with zero attached hydrogens (tertiary/aromatic N) is 2. The molecule has 1 N–H and O–H groups in total. The first kappa shape index (κ1) is 16.2. The third kappa shape index (κ3) is 3.19. The minimum Gasteiger partial charge on any atom is -0.374 e. The van der Waals surface area contributed by atoms with Gasteiger partial charge in [0.05, 0.1) is 4.92 Å². The van der Waals surface area contributed by atoms with Gasteiger partial charge in [0.2, 0.25) is 0 Å². The summed E-state index contributed by atoms with van der Waals surface area (Å²) in [6.45, 7) is 2.37. The second kappa shape index (κ2) is 6.29. The maximum Gasteiger partial charge on any atom is 0.304 e. The Bertz CT molecular complexity index is 626. The summed E-state index contributed by atoms with van der Waals surface area (Å²) in [5.41, 5.74) is -0.191. The number of hydrogen-bond acceptors (Lipinski definition) is 6. The molecule has 1 unspecified atom stereocenters. The summed E-state index contributed by atoms with van der Waals surface area (Å²) in [7, 11) is -2.13. The van der Waals surface area contributed by atoms with Crippen LogP contribution < -0.4 is 5.32 Å². The maximum atomic E-state index is 12.7. The predicted molar refractivity (Wildman–Crippen MR) is 82.3 cm³/mol. The van der Waals surface area contributed by atoms with Gasteiger partial charge in [0.1, 0.15) is 4.21 Å². The molecule has 1 aliphatic heterocycles. The Kier molecular flexibility index (Phi) is 4.84. The summed E-state index contributed by atoms with van der Waals surface area (Å²) in [4.78, 5) is 10.4. The van der Waals surface area contributed by atoms with Crippen LogP contribution in [0.25, 0.3) is 0 Å². The number of hydrogen-bond donors (Lipinski definition) is 1. The molecule has 1 aromatic heterocycles. The Labute approximate surface area is 128 Å². The average molecular weight is 333 g/mol. The second-order valence-corrected chi connectivity index (χ2v) is 8.27. The van der Waals surface area contributed by atoms with Crippen LogP contribution in [0.1, 0.15) is 32.6 Å². The van der Waals surface area contributed by atoms with Gasteiger partial charge in [-0.3, -0.25) is 10.1 Å². The van der Waals surface area contributed by atoms with Crippen molar-refractivity contribution in [3.05, 3.63) is 16.2 Å². The van der Waals surface area contributed by atoms with Gasteiger partial charge < -0.3 is 5.32 Å².